The molecule has 4 rings (SSSR count). The maximum absolute atomic E-state index is 15.3. The van der Waals surface area contributed by atoms with Crippen molar-refractivity contribution in [2.75, 3.05) is 0 Å². The van der Waals surface area contributed by atoms with Gasteiger partial charge in [-0.3, -0.25) is 9.59 Å². The van der Waals surface area contributed by atoms with Crippen LogP contribution in [0.25, 0.3) is 17.8 Å². The van der Waals surface area contributed by atoms with Gasteiger partial charge in [-0.05, 0) is 55.9 Å². The van der Waals surface area contributed by atoms with Gasteiger partial charge in [-0.15, -0.1) is 0 Å². The van der Waals surface area contributed by atoms with Crippen LogP contribution < -0.4 is 10.3 Å². The van der Waals surface area contributed by atoms with Crippen molar-refractivity contribution in [2.45, 2.75) is 46.5 Å². The van der Waals surface area contributed by atoms with Crippen LogP contribution in [0.5, 0.6) is 5.88 Å². The second kappa shape index (κ2) is 9.55. The van der Waals surface area contributed by atoms with Crippen LogP contribution in [0.3, 0.4) is 0 Å². The summed E-state index contributed by atoms with van der Waals surface area (Å²) in [5.74, 6) is -1.16. The van der Waals surface area contributed by atoms with E-state index in [1.54, 1.807) is 26.8 Å². The summed E-state index contributed by atoms with van der Waals surface area (Å²) in [7, 11) is 0. The van der Waals surface area contributed by atoms with E-state index in [1.807, 2.05) is 18.2 Å². The van der Waals surface area contributed by atoms with Crippen molar-refractivity contribution in [3.8, 4) is 11.6 Å². The van der Waals surface area contributed by atoms with E-state index in [4.69, 9.17) is 16.3 Å². The van der Waals surface area contributed by atoms with Gasteiger partial charge in [0.2, 0.25) is 5.88 Å². The first kappa shape index (κ1) is 23.9. The third-order valence-corrected chi connectivity index (χ3v) is 6.12. The Labute approximate surface area is 202 Å². The van der Waals surface area contributed by atoms with Crippen LogP contribution in [0, 0.1) is 25.6 Å². The lowest BCUT2D eigenvalue weighted by molar-refractivity contribution is -0.138. The highest BCUT2D eigenvalue weighted by Crippen LogP contribution is 2.40. The molecule has 0 amide bonds. The number of halogens is 2. The van der Waals surface area contributed by atoms with Gasteiger partial charge in [0.15, 0.2) is 0 Å². The molecule has 7 heteroatoms. The van der Waals surface area contributed by atoms with E-state index in [0.29, 0.717) is 11.5 Å². The number of benzene rings is 2. The summed E-state index contributed by atoms with van der Waals surface area (Å²) in [5.41, 5.74) is 2.26. The molecule has 5 nitrogen and oxygen atoms in total. The lowest BCUT2D eigenvalue weighted by Gasteiger charge is -2.19. The van der Waals surface area contributed by atoms with Crippen molar-refractivity contribution >= 4 is 29.7 Å². The number of carbonyl (C=O) groups is 1. The molecule has 0 radical (unpaired) electrons. The Morgan fingerprint density at radius 2 is 1.79 bits per heavy atom. The monoisotopic (exact) mass is 480 g/mol. The lowest BCUT2D eigenvalue weighted by Crippen LogP contribution is -2.29. The Hall–Kier alpha value is -3.25. The van der Waals surface area contributed by atoms with E-state index in [0.717, 1.165) is 10.1 Å². The molecule has 34 heavy (non-hydrogen) atoms. The van der Waals surface area contributed by atoms with Gasteiger partial charge in [0, 0.05) is 5.56 Å². The SMILES string of the molecule is Cc1nc(C)c(=O)n(-c2c(F)ccc(Cl)c2/C=C/c2ccc(C3CC3)cc2)c1OC(=O)C(C)C. The highest BCUT2D eigenvalue weighted by atomic mass is 35.5. The number of hydrogen-bond acceptors (Lipinski definition) is 4. The molecule has 0 spiro atoms. The number of hydrogen-bond donors (Lipinski definition) is 0. The van der Waals surface area contributed by atoms with Crippen LogP contribution in [0.4, 0.5) is 4.39 Å². The molecular weight excluding hydrogens is 455 g/mol. The molecule has 0 atom stereocenters. The predicted octanol–water partition coefficient (Wildman–Crippen LogP) is 6.25. The van der Waals surface area contributed by atoms with Crippen molar-refractivity contribution in [1.82, 2.24) is 9.55 Å². The number of rotatable bonds is 6. The Kier molecular flexibility index (Phi) is 6.71. The van der Waals surface area contributed by atoms with Crippen molar-refractivity contribution in [1.29, 1.82) is 0 Å². The smallest absolute Gasteiger partial charge is 0.315 e. The van der Waals surface area contributed by atoms with E-state index in [9.17, 15) is 9.59 Å². The van der Waals surface area contributed by atoms with E-state index < -0.39 is 23.3 Å². The average Bonchev–Trinajstić information content (AvgIpc) is 3.64. The minimum absolute atomic E-state index is 0.0940. The van der Waals surface area contributed by atoms with E-state index in [-0.39, 0.29) is 28.0 Å². The standard InChI is InChI=1S/C27H26ClFN2O3/c1-15(2)27(33)34-26-17(4)30-16(3)25(32)31(26)24-21(22(28)13-14-23(24)29)12-7-18-5-8-19(9-6-18)20-10-11-20/h5-9,12-15,20H,10-11H2,1-4H3/b12-7+. The first-order valence-electron chi connectivity index (χ1n) is 11.3. The molecule has 176 valence electrons. The zero-order valence-electron chi connectivity index (χ0n) is 19.6. The number of ether oxygens (including phenoxy) is 1. The third-order valence-electron chi connectivity index (χ3n) is 5.80. The molecule has 1 saturated carbocycles. The largest absolute Gasteiger partial charge is 0.407 e. The maximum atomic E-state index is 15.3. The molecule has 2 aromatic carbocycles. The van der Waals surface area contributed by atoms with E-state index in [1.165, 1.54) is 37.5 Å². The summed E-state index contributed by atoms with van der Waals surface area (Å²) in [4.78, 5) is 29.7. The summed E-state index contributed by atoms with van der Waals surface area (Å²) in [5, 5.41) is 0.252. The Morgan fingerprint density at radius 3 is 2.41 bits per heavy atom. The lowest BCUT2D eigenvalue weighted by atomic mass is 10.1. The van der Waals surface area contributed by atoms with Gasteiger partial charge in [0.25, 0.3) is 5.56 Å². The highest BCUT2D eigenvalue weighted by Gasteiger charge is 2.24. The van der Waals surface area contributed by atoms with Crippen molar-refractivity contribution in [3.05, 3.63) is 85.7 Å². The first-order valence-corrected chi connectivity index (χ1v) is 11.6. The number of nitrogens with zero attached hydrogens (tertiary/aromatic N) is 2. The van der Waals surface area contributed by atoms with E-state index in [2.05, 4.69) is 17.1 Å². The molecule has 0 N–H and O–H groups in total. The van der Waals surface area contributed by atoms with Crippen LogP contribution in [-0.2, 0) is 4.79 Å². The van der Waals surface area contributed by atoms with Crippen molar-refractivity contribution in [2.24, 2.45) is 5.92 Å². The van der Waals surface area contributed by atoms with Crippen LogP contribution in [0.1, 0.15) is 60.7 Å². The summed E-state index contributed by atoms with van der Waals surface area (Å²) >= 11 is 6.48. The zero-order chi connectivity index (χ0) is 24.6. The topological polar surface area (TPSA) is 61.2 Å². The Morgan fingerprint density at radius 1 is 1.12 bits per heavy atom. The van der Waals surface area contributed by atoms with Gasteiger partial charge in [-0.25, -0.2) is 13.9 Å². The Balaban J connectivity index is 1.86. The van der Waals surface area contributed by atoms with Gasteiger partial charge >= 0.3 is 5.97 Å². The van der Waals surface area contributed by atoms with Gasteiger partial charge in [0.05, 0.1) is 22.3 Å². The molecule has 1 fully saturated rings. The summed E-state index contributed by atoms with van der Waals surface area (Å²) < 4.78 is 21.9. The molecule has 0 bridgehead atoms. The van der Waals surface area contributed by atoms with Gasteiger partial charge in [0.1, 0.15) is 11.5 Å². The minimum Gasteiger partial charge on any atom is -0.407 e. The fourth-order valence-electron chi connectivity index (χ4n) is 3.72. The molecule has 1 aliphatic rings. The quantitative estimate of drug-likeness (QED) is 0.309. The summed E-state index contributed by atoms with van der Waals surface area (Å²) in [6.45, 7) is 6.47. The summed E-state index contributed by atoms with van der Waals surface area (Å²) in [6.07, 6.45) is 5.92. The number of aromatic nitrogens is 2. The van der Waals surface area contributed by atoms with Gasteiger partial charge in [-0.2, -0.15) is 0 Å². The molecule has 1 aromatic heterocycles. The normalized spacial score (nSPS) is 13.6. The van der Waals surface area contributed by atoms with Crippen LogP contribution >= 0.6 is 11.6 Å². The van der Waals surface area contributed by atoms with Crippen molar-refractivity contribution < 1.29 is 13.9 Å². The molecule has 0 aliphatic heterocycles. The molecule has 1 heterocycles. The third kappa shape index (κ3) is 4.82. The number of aryl methyl sites for hydroxylation is 2. The number of carbonyl (C=O) groups excluding carboxylic acids is 1. The Bertz CT molecular complexity index is 1340. The predicted molar refractivity (Wildman–Crippen MR) is 132 cm³/mol. The second-order valence-corrected chi connectivity index (χ2v) is 9.28. The van der Waals surface area contributed by atoms with Crippen LogP contribution in [-0.4, -0.2) is 15.5 Å². The first-order chi connectivity index (χ1) is 16.2. The molecule has 0 unspecified atom stereocenters. The van der Waals surface area contributed by atoms with E-state index >= 15 is 4.39 Å². The zero-order valence-corrected chi connectivity index (χ0v) is 20.3. The minimum atomic E-state index is -0.679. The molecule has 1 aliphatic carbocycles. The van der Waals surface area contributed by atoms with Gasteiger partial charge in [-0.1, -0.05) is 61.9 Å². The number of esters is 1. The van der Waals surface area contributed by atoms with Crippen molar-refractivity contribution in [3.63, 3.8) is 0 Å². The average molecular weight is 481 g/mol. The van der Waals surface area contributed by atoms with Gasteiger partial charge < -0.3 is 4.74 Å². The van der Waals surface area contributed by atoms with Crippen LogP contribution in [0.15, 0.2) is 41.2 Å². The summed E-state index contributed by atoms with van der Waals surface area (Å²) in [6, 6.07) is 10.8. The highest BCUT2D eigenvalue weighted by molar-refractivity contribution is 6.32. The molecular formula is C27H26ClFN2O3. The molecule has 0 saturated heterocycles. The fourth-order valence-corrected chi connectivity index (χ4v) is 3.93. The van der Waals surface area contributed by atoms with Crippen LogP contribution in [0.2, 0.25) is 5.02 Å². The second-order valence-electron chi connectivity index (χ2n) is 8.87. The maximum Gasteiger partial charge on any atom is 0.315 e. The molecule has 3 aromatic rings. The fraction of sp³-hybridized carbons (Fsp3) is 0.296.